The second kappa shape index (κ2) is 7.23. The third-order valence-electron chi connectivity index (χ3n) is 3.88. The molecular formula is C16H21N5O2. The van der Waals surface area contributed by atoms with Crippen molar-refractivity contribution >= 4 is 6.03 Å². The van der Waals surface area contributed by atoms with E-state index in [1.54, 1.807) is 17.1 Å². The number of nitrogens with zero attached hydrogens (tertiary/aromatic N) is 3. The summed E-state index contributed by atoms with van der Waals surface area (Å²) in [5.41, 5.74) is 0.963. The first kappa shape index (κ1) is 15.5. The van der Waals surface area contributed by atoms with Gasteiger partial charge in [-0.1, -0.05) is 0 Å². The van der Waals surface area contributed by atoms with Crippen LogP contribution >= 0.6 is 0 Å². The predicted molar refractivity (Wildman–Crippen MR) is 85.2 cm³/mol. The van der Waals surface area contributed by atoms with Crippen molar-refractivity contribution in [2.45, 2.75) is 38.5 Å². The highest BCUT2D eigenvalue weighted by atomic mass is 16.5. The Morgan fingerprint density at radius 3 is 3.17 bits per heavy atom. The summed E-state index contributed by atoms with van der Waals surface area (Å²) in [6.07, 6.45) is 7.42. The van der Waals surface area contributed by atoms with Crippen molar-refractivity contribution in [3.05, 3.63) is 42.4 Å². The predicted octanol–water partition coefficient (Wildman–Crippen LogP) is 1.63. The molecule has 0 aromatic carbocycles. The average molecular weight is 315 g/mol. The Hall–Kier alpha value is -2.41. The van der Waals surface area contributed by atoms with Gasteiger partial charge in [0.15, 0.2) is 5.82 Å². The zero-order chi connectivity index (χ0) is 16.1. The minimum atomic E-state index is -0.189. The van der Waals surface area contributed by atoms with Gasteiger partial charge in [0.2, 0.25) is 0 Å². The van der Waals surface area contributed by atoms with Crippen LogP contribution in [0.4, 0.5) is 4.79 Å². The Morgan fingerprint density at radius 2 is 2.43 bits per heavy atom. The largest absolute Gasteiger partial charge is 0.376 e. The molecule has 1 aliphatic rings. The maximum absolute atomic E-state index is 12.0. The van der Waals surface area contributed by atoms with Gasteiger partial charge in [-0.3, -0.25) is 0 Å². The van der Waals surface area contributed by atoms with Gasteiger partial charge >= 0.3 is 6.03 Å². The van der Waals surface area contributed by atoms with Gasteiger partial charge in [-0.2, -0.15) is 5.10 Å². The van der Waals surface area contributed by atoms with Crippen molar-refractivity contribution in [2.24, 2.45) is 0 Å². The third kappa shape index (κ3) is 4.07. The van der Waals surface area contributed by atoms with Crippen molar-refractivity contribution in [3.8, 4) is 5.82 Å². The second-order valence-electron chi connectivity index (χ2n) is 5.64. The molecule has 2 aromatic heterocycles. The smallest absolute Gasteiger partial charge is 0.315 e. The van der Waals surface area contributed by atoms with Crippen molar-refractivity contribution in [1.82, 2.24) is 25.4 Å². The Morgan fingerprint density at radius 1 is 1.52 bits per heavy atom. The first-order valence-corrected chi connectivity index (χ1v) is 7.83. The molecular weight excluding hydrogens is 294 g/mol. The molecule has 2 atom stereocenters. The van der Waals surface area contributed by atoms with Gasteiger partial charge in [0.25, 0.3) is 0 Å². The fourth-order valence-corrected chi connectivity index (χ4v) is 2.63. The van der Waals surface area contributed by atoms with E-state index in [0.717, 1.165) is 30.8 Å². The van der Waals surface area contributed by atoms with Gasteiger partial charge < -0.3 is 15.4 Å². The lowest BCUT2D eigenvalue weighted by Gasteiger charge is -2.20. The lowest BCUT2D eigenvalue weighted by atomic mass is 10.1. The van der Waals surface area contributed by atoms with E-state index >= 15 is 0 Å². The quantitative estimate of drug-likeness (QED) is 0.879. The van der Waals surface area contributed by atoms with Gasteiger partial charge in [0.1, 0.15) is 0 Å². The molecule has 0 saturated carbocycles. The van der Waals surface area contributed by atoms with E-state index in [4.69, 9.17) is 4.74 Å². The van der Waals surface area contributed by atoms with Crippen molar-refractivity contribution in [1.29, 1.82) is 0 Å². The zero-order valence-corrected chi connectivity index (χ0v) is 13.1. The molecule has 122 valence electrons. The molecule has 0 aliphatic carbocycles. The first-order valence-electron chi connectivity index (χ1n) is 7.83. The molecule has 2 aromatic rings. The molecule has 0 bridgehead atoms. The molecule has 2 amide bonds. The van der Waals surface area contributed by atoms with Crippen LogP contribution in [0.2, 0.25) is 0 Å². The molecule has 2 N–H and O–H groups in total. The average Bonchev–Trinajstić information content (AvgIpc) is 3.26. The van der Waals surface area contributed by atoms with E-state index in [0.29, 0.717) is 6.54 Å². The number of carbonyl (C=O) groups excluding carboxylic acids is 1. The Kier molecular flexibility index (Phi) is 4.87. The molecule has 3 rings (SSSR count). The van der Waals surface area contributed by atoms with E-state index in [-0.39, 0.29) is 18.2 Å². The first-order chi connectivity index (χ1) is 11.2. The van der Waals surface area contributed by atoms with Crippen LogP contribution in [0.15, 0.2) is 36.8 Å². The minimum absolute atomic E-state index is 0.00887. The minimum Gasteiger partial charge on any atom is -0.376 e. The van der Waals surface area contributed by atoms with Crippen LogP contribution in [0.1, 0.15) is 25.3 Å². The van der Waals surface area contributed by atoms with Crippen LogP contribution in [-0.2, 0) is 11.3 Å². The normalized spacial score (nSPS) is 18.6. The number of rotatable bonds is 5. The maximum atomic E-state index is 12.0. The molecule has 7 nitrogen and oxygen atoms in total. The number of amides is 2. The Labute approximate surface area is 135 Å². The van der Waals surface area contributed by atoms with Gasteiger partial charge in [0, 0.05) is 31.7 Å². The van der Waals surface area contributed by atoms with Crippen LogP contribution in [-0.4, -0.2) is 39.5 Å². The maximum Gasteiger partial charge on any atom is 0.315 e. The summed E-state index contributed by atoms with van der Waals surface area (Å²) in [7, 11) is 0. The standard InChI is InChI=1S/C16H21N5O2/c1-12(14-4-2-9-23-14)20-16(22)18-11-13-5-7-17-15(10-13)21-8-3-6-19-21/h3,5-8,10,12,14H,2,4,9,11H2,1H3,(H2,18,20,22)/t12-,14-/m1/s1. The molecule has 7 heteroatoms. The summed E-state index contributed by atoms with van der Waals surface area (Å²) < 4.78 is 7.26. The van der Waals surface area contributed by atoms with Crippen LogP contribution in [0.3, 0.4) is 0 Å². The van der Waals surface area contributed by atoms with Crippen LogP contribution in [0.5, 0.6) is 0 Å². The molecule has 23 heavy (non-hydrogen) atoms. The number of ether oxygens (including phenoxy) is 1. The summed E-state index contributed by atoms with van der Waals surface area (Å²) in [4.78, 5) is 16.3. The fraction of sp³-hybridized carbons (Fsp3) is 0.438. The van der Waals surface area contributed by atoms with Gasteiger partial charge in [0.05, 0.1) is 12.1 Å². The van der Waals surface area contributed by atoms with E-state index in [2.05, 4.69) is 20.7 Å². The van der Waals surface area contributed by atoms with Crippen LogP contribution in [0.25, 0.3) is 5.82 Å². The molecule has 1 saturated heterocycles. The van der Waals surface area contributed by atoms with Crippen LogP contribution in [0, 0.1) is 0 Å². The molecule has 1 aliphatic heterocycles. The van der Waals surface area contributed by atoms with E-state index < -0.39 is 0 Å². The topological polar surface area (TPSA) is 81.1 Å². The molecule has 0 radical (unpaired) electrons. The van der Waals surface area contributed by atoms with Gasteiger partial charge in [-0.05, 0) is 43.5 Å². The summed E-state index contributed by atoms with van der Waals surface area (Å²) >= 11 is 0. The number of hydrogen-bond donors (Lipinski definition) is 2. The number of nitrogens with one attached hydrogen (secondary N) is 2. The van der Waals surface area contributed by atoms with Crippen molar-refractivity contribution in [2.75, 3.05) is 6.61 Å². The Bertz CT molecular complexity index is 638. The van der Waals surface area contributed by atoms with Gasteiger partial charge in [-0.15, -0.1) is 0 Å². The number of urea groups is 1. The van der Waals surface area contributed by atoms with Gasteiger partial charge in [-0.25, -0.2) is 14.5 Å². The zero-order valence-electron chi connectivity index (χ0n) is 13.1. The van der Waals surface area contributed by atoms with E-state index in [1.807, 2.05) is 31.3 Å². The lowest BCUT2D eigenvalue weighted by molar-refractivity contribution is 0.0860. The Balaban J connectivity index is 1.51. The lowest BCUT2D eigenvalue weighted by Crippen LogP contribution is -2.45. The molecule has 3 heterocycles. The molecule has 0 spiro atoms. The summed E-state index contributed by atoms with van der Waals surface area (Å²) in [6, 6.07) is 5.43. The highest BCUT2D eigenvalue weighted by Crippen LogP contribution is 2.15. The highest BCUT2D eigenvalue weighted by molar-refractivity contribution is 5.74. The van der Waals surface area contributed by atoms with Crippen molar-refractivity contribution < 1.29 is 9.53 Å². The van der Waals surface area contributed by atoms with E-state index in [9.17, 15) is 4.79 Å². The highest BCUT2D eigenvalue weighted by Gasteiger charge is 2.23. The summed E-state index contributed by atoms with van der Waals surface area (Å²) in [5, 5.41) is 9.94. The number of aromatic nitrogens is 3. The number of pyridine rings is 1. The monoisotopic (exact) mass is 315 g/mol. The fourth-order valence-electron chi connectivity index (χ4n) is 2.63. The SMILES string of the molecule is C[C@@H](NC(=O)NCc1ccnc(-n2cccn2)c1)[C@H]1CCCO1. The summed E-state index contributed by atoms with van der Waals surface area (Å²) in [5.74, 6) is 0.724. The third-order valence-corrected chi connectivity index (χ3v) is 3.88. The second-order valence-corrected chi connectivity index (χ2v) is 5.64. The number of hydrogen-bond acceptors (Lipinski definition) is 4. The molecule has 0 unspecified atom stereocenters. The number of carbonyl (C=O) groups is 1. The van der Waals surface area contributed by atoms with Crippen LogP contribution < -0.4 is 10.6 Å². The molecule has 1 fully saturated rings. The summed E-state index contributed by atoms with van der Waals surface area (Å²) in [6.45, 7) is 3.18. The van der Waals surface area contributed by atoms with Crippen molar-refractivity contribution in [3.63, 3.8) is 0 Å². The van der Waals surface area contributed by atoms with E-state index in [1.165, 1.54) is 0 Å².